The van der Waals surface area contributed by atoms with E-state index in [1.807, 2.05) is 13.8 Å². The zero-order valence-corrected chi connectivity index (χ0v) is 27.7. The molecule has 0 aromatic carbocycles. The second-order valence-corrected chi connectivity index (χ2v) is 11.9. The zero-order valence-electron chi connectivity index (χ0n) is 26.2. The number of nitrogens with two attached hydrogens (primary N) is 1. The van der Waals surface area contributed by atoms with Crippen LogP contribution in [0.5, 0.6) is 0 Å². The predicted octanol–water partition coefficient (Wildman–Crippen LogP) is 4.63. The number of aliphatic hydroxyl groups excluding tert-OH is 3. The van der Waals surface area contributed by atoms with E-state index >= 15 is 0 Å². The van der Waals surface area contributed by atoms with E-state index in [2.05, 4.69) is 0 Å². The van der Waals surface area contributed by atoms with Gasteiger partial charge in [0.2, 0.25) is 0 Å². The number of amides is 1. The number of ketones is 1. The van der Waals surface area contributed by atoms with Gasteiger partial charge in [0.1, 0.15) is 23.4 Å². The highest BCUT2D eigenvalue weighted by Gasteiger charge is 2.35. The average Bonchev–Trinajstić information content (AvgIpc) is 2.99. The minimum absolute atomic E-state index is 0.0717. The molecule has 1 rings (SSSR count). The van der Waals surface area contributed by atoms with Crippen LogP contribution in [0.4, 0.5) is 4.79 Å². The molecule has 0 bridgehead atoms. The van der Waals surface area contributed by atoms with Crippen molar-refractivity contribution in [3.63, 3.8) is 0 Å². The van der Waals surface area contributed by atoms with Crippen molar-refractivity contribution in [1.82, 2.24) is 0 Å². The molecular weight excluding hydrogens is 641 g/mol. The Kier molecular flexibility index (Phi) is 19.1. The van der Waals surface area contributed by atoms with E-state index in [-0.39, 0.29) is 25.7 Å². The molecule has 1 aliphatic rings. The van der Waals surface area contributed by atoms with Crippen molar-refractivity contribution in [3.05, 3.63) is 71.4 Å². The summed E-state index contributed by atoms with van der Waals surface area (Å²) in [4.78, 5) is 46.9. The van der Waals surface area contributed by atoms with Crippen LogP contribution >= 0.6 is 23.2 Å². The number of carboxylic acid groups (broad SMARTS) is 1. The molecule has 8 atom stereocenters. The minimum atomic E-state index is -1.35. The Labute approximate surface area is 279 Å². The van der Waals surface area contributed by atoms with Gasteiger partial charge in [-0.1, -0.05) is 73.6 Å². The lowest BCUT2D eigenvalue weighted by molar-refractivity contribution is -0.159. The molecule has 0 aliphatic heterocycles. The van der Waals surface area contributed by atoms with Crippen LogP contribution in [0.15, 0.2) is 71.4 Å². The van der Waals surface area contributed by atoms with Gasteiger partial charge in [-0.25, -0.2) is 9.59 Å². The molecule has 256 valence electrons. The van der Waals surface area contributed by atoms with E-state index in [1.165, 1.54) is 18.2 Å². The summed E-state index contributed by atoms with van der Waals surface area (Å²) in [5, 5.41) is 39.2. The van der Waals surface area contributed by atoms with Gasteiger partial charge >= 0.3 is 18.0 Å². The number of carbonyl (C=O) groups is 4. The smallest absolute Gasteiger partial charge is 0.405 e. The van der Waals surface area contributed by atoms with Crippen LogP contribution in [0.3, 0.4) is 0 Å². The average molecular weight is 687 g/mol. The molecule has 8 unspecified atom stereocenters. The number of Topliss-reactive ketones (excluding diaryl/α,β-unsaturated/α-hetero) is 1. The molecule has 6 N–H and O–H groups in total. The summed E-state index contributed by atoms with van der Waals surface area (Å²) >= 11 is 12.5. The summed E-state index contributed by atoms with van der Waals surface area (Å²) in [6, 6.07) is 0. The third kappa shape index (κ3) is 15.9. The van der Waals surface area contributed by atoms with Crippen molar-refractivity contribution in [1.29, 1.82) is 0 Å². The number of hydrogen-bond acceptors (Lipinski definition) is 9. The second-order valence-electron chi connectivity index (χ2n) is 11.0. The monoisotopic (exact) mass is 685 g/mol. The topological polar surface area (TPSA) is 194 Å². The number of aliphatic carboxylic acids is 1. The summed E-state index contributed by atoms with van der Waals surface area (Å²) < 4.78 is 10.1. The van der Waals surface area contributed by atoms with Crippen molar-refractivity contribution in [2.45, 2.75) is 95.2 Å². The molecule has 0 spiro atoms. The van der Waals surface area contributed by atoms with Crippen LogP contribution in [0, 0.1) is 11.8 Å². The molecule has 0 saturated heterocycles. The number of aliphatic hydroxyl groups is 3. The number of alkyl halides is 1. The van der Waals surface area contributed by atoms with E-state index < -0.39 is 71.5 Å². The van der Waals surface area contributed by atoms with E-state index in [0.29, 0.717) is 17.9 Å². The quantitative estimate of drug-likeness (QED) is 0.0446. The number of hydrogen-bond donors (Lipinski definition) is 5. The van der Waals surface area contributed by atoms with Crippen molar-refractivity contribution < 1.29 is 49.1 Å². The molecule has 1 fully saturated rings. The third-order valence-electron chi connectivity index (χ3n) is 7.18. The van der Waals surface area contributed by atoms with Gasteiger partial charge in [0.25, 0.3) is 0 Å². The fraction of sp³-hybridized carbons (Fsp3) is 0.515. The maximum atomic E-state index is 12.5. The third-order valence-corrected chi connectivity index (χ3v) is 8.19. The Balaban J connectivity index is 2.58. The first-order valence-corrected chi connectivity index (χ1v) is 15.8. The molecule has 46 heavy (non-hydrogen) atoms. The van der Waals surface area contributed by atoms with Crippen LogP contribution < -0.4 is 5.73 Å². The maximum absolute atomic E-state index is 12.5. The molecule has 0 radical (unpaired) electrons. The van der Waals surface area contributed by atoms with E-state index in [9.17, 15) is 34.5 Å². The van der Waals surface area contributed by atoms with E-state index in [1.54, 1.807) is 49.5 Å². The van der Waals surface area contributed by atoms with E-state index in [0.717, 1.165) is 5.57 Å². The molecular formula is C33H45Cl2NO10. The lowest BCUT2D eigenvalue weighted by Gasteiger charge is -2.30. The molecule has 1 aliphatic carbocycles. The van der Waals surface area contributed by atoms with Gasteiger partial charge in [-0.15, -0.1) is 11.6 Å². The van der Waals surface area contributed by atoms with Crippen LogP contribution in [0.25, 0.3) is 0 Å². The highest BCUT2D eigenvalue weighted by molar-refractivity contribution is 6.30. The number of ether oxygens (including phenoxy) is 2. The first-order chi connectivity index (χ1) is 21.7. The van der Waals surface area contributed by atoms with Gasteiger partial charge in [0, 0.05) is 36.3 Å². The Morgan fingerprint density at radius 2 is 1.63 bits per heavy atom. The number of esters is 1. The summed E-state index contributed by atoms with van der Waals surface area (Å²) in [7, 11) is 0. The molecule has 0 heterocycles. The van der Waals surface area contributed by atoms with Crippen molar-refractivity contribution in [2.24, 2.45) is 17.6 Å². The van der Waals surface area contributed by atoms with Crippen LogP contribution in [0.1, 0.15) is 59.3 Å². The summed E-state index contributed by atoms with van der Waals surface area (Å²) in [6.45, 7) is 5.33. The number of allylic oxidation sites excluding steroid dienone is 9. The van der Waals surface area contributed by atoms with Gasteiger partial charge < -0.3 is 35.6 Å². The van der Waals surface area contributed by atoms with Crippen molar-refractivity contribution in [2.75, 3.05) is 0 Å². The van der Waals surface area contributed by atoms with Crippen LogP contribution in [0.2, 0.25) is 0 Å². The van der Waals surface area contributed by atoms with Crippen LogP contribution in [-0.4, -0.2) is 80.1 Å². The minimum Gasteiger partial charge on any atom is -0.481 e. The molecule has 1 amide bonds. The number of primary amides is 1. The van der Waals surface area contributed by atoms with Gasteiger partial charge in [-0.2, -0.15) is 0 Å². The van der Waals surface area contributed by atoms with Gasteiger partial charge in [-0.05, 0) is 38.3 Å². The Bertz CT molecular complexity index is 1210. The van der Waals surface area contributed by atoms with Gasteiger partial charge in [0.05, 0.1) is 24.2 Å². The normalized spacial score (nSPS) is 23.0. The van der Waals surface area contributed by atoms with Gasteiger partial charge in [-0.3, -0.25) is 9.59 Å². The Morgan fingerprint density at radius 1 is 1.00 bits per heavy atom. The Morgan fingerprint density at radius 3 is 2.26 bits per heavy atom. The number of rotatable bonds is 18. The highest BCUT2D eigenvalue weighted by Crippen LogP contribution is 2.27. The number of halogens is 2. The standard InChI is InChI=1S/C33H45Cl2NO10/c1-4-5-13-28(46-33(36)44)31(35)27(40)19-23(37)18-26(39)21(3)24(34)12-8-6-10-20(2)11-7-9-14-30(41)45-29-17-22(32(42)43)15-16-25(29)38/h5-14,21-22,25-29,31,38-40H,4,15-19H2,1-3H3,(H2,36,44)(H,42,43)/b8-6+,11-7+,13-5+,14-9+,20-10+,24-12-. The second kappa shape index (κ2) is 21.6. The molecule has 1 saturated carbocycles. The summed E-state index contributed by atoms with van der Waals surface area (Å²) in [6.07, 6.45) is 10.2. The SMILES string of the molecule is CC/C=C/C(OC(N)=O)C(Cl)C(O)CC(=O)CC(O)C(C)/C(Cl)=C/C=C/C=C(C)/C=C/C=C/C(=O)OC1CC(C(=O)O)CCC1O. The molecule has 0 aromatic rings. The Hall–Kier alpha value is -3.22. The fourth-order valence-corrected chi connectivity index (χ4v) is 4.86. The highest BCUT2D eigenvalue weighted by atomic mass is 35.5. The van der Waals surface area contributed by atoms with E-state index in [4.69, 9.17) is 43.5 Å². The molecule has 11 nitrogen and oxygen atoms in total. The zero-order chi connectivity index (χ0) is 34.8. The molecule has 13 heteroatoms. The first kappa shape index (κ1) is 40.8. The largest absolute Gasteiger partial charge is 0.481 e. The summed E-state index contributed by atoms with van der Waals surface area (Å²) in [5.41, 5.74) is 5.89. The van der Waals surface area contributed by atoms with Crippen molar-refractivity contribution in [3.8, 4) is 0 Å². The maximum Gasteiger partial charge on any atom is 0.405 e. The first-order valence-electron chi connectivity index (χ1n) is 15.0. The van der Waals surface area contributed by atoms with Crippen molar-refractivity contribution >= 4 is 47.0 Å². The molecule has 0 aromatic heterocycles. The fourth-order valence-electron chi connectivity index (χ4n) is 4.41. The predicted molar refractivity (Wildman–Crippen MR) is 175 cm³/mol. The number of carbonyl (C=O) groups excluding carboxylic acids is 3. The summed E-state index contributed by atoms with van der Waals surface area (Å²) in [5.74, 6) is -3.34. The van der Waals surface area contributed by atoms with Gasteiger partial charge in [0.15, 0.2) is 0 Å². The van der Waals surface area contributed by atoms with Crippen LogP contribution in [-0.2, 0) is 23.9 Å². The lowest BCUT2D eigenvalue weighted by Crippen LogP contribution is -2.39. The lowest BCUT2D eigenvalue weighted by atomic mass is 9.85. The number of carboxylic acids is 1.